The largest absolute Gasteiger partial charge is 0.448 e. The van der Waals surface area contributed by atoms with Crippen molar-refractivity contribution in [1.29, 1.82) is 0 Å². The molecule has 6 nitrogen and oxygen atoms in total. The Morgan fingerprint density at radius 1 is 1.07 bits per heavy atom. The van der Waals surface area contributed by atoms with Gasteiger partial charge in [-0.05, 0) is 30.2 Å². The lowest BCUT2D eigenvalue weighted by Crippen LogP contribution is -2.37. The summed E-state index contributed by atoms with van der Waals surface area (Å²) in [7, 11) is 0. The second-order valence-corrected chi connectivity index (χ2v) is 6.41. The lowest BCUT2D eigenvalue weighted by atomic mass is 10.2. The molecule has 0 saturated heterocycles. The van der Waals surface area contributed by atoms with Gasteiger partial charge < -0.3 is 15.4 Å². The molecule has 0 aliphatic heterocycles. The Balaban J connectivity index is 2.01. The standard InChI is InChI=1S/C21H21ClN2O4/c1-14(20(26)23-13-17-10-6-7-11-18(17)22)28-21(27)19(24-15(2)25)12-16-8-4-3-5-9-16/h3-12,14H,13H2,1-2H3,(H,23,26)(H,24,25)/b19-12-. The number of ether oxygens (including phenoxy) is 1. The van der Waals surface area contributed by atoms with Crippen molar-refractivity contribution in [2.75, 3.05) is 0 Å². The minimum atomic E-state index is -1.05. The first-order valence-electron chi connectivity index (χ1n) is 8.63. The van der Waals surface area contributed by atoms with Crippen molar-refractivity contribution in [1.82, 2.24) is 10.6 Å². The molecule has 0 aliphatic carbocycles. The summed E-state index contributed by atoms with van der Waals surface area (Å²) in [6.07, 6.45) is 0.431. The maximum Gasteiger partial charge on any atom is 0.355 e. The van der Waals surface area contributed by atoms with Gasteiger partial charge in [0.05, 0.1) is 0 Å². The average molecular weight is 401 g/mol. The zero-order valence-corrected chi connectivity index (χ0v) is 16.3. The first-order chi connectivity index (χ1) is 13.4. The van der Waals surface area contributed by atoms with Crippen molar-refractivity contribution in [3.05, 3.63) is 76.4 Å². The zero-order valence-electron chi connectivity index (χ0n) is 15.6. The molecule has 7 heteroatoms. The first kappa shape index (κ1) is 21.2. The summed E-state index contributed by atoms with van der Waals surface area (Å²) in [5.74, 6) is -1.70. The molecule has 0 heterocycles. The molecule has 0 aliphatic rings. The van der Waals surface area contributed by atoms with Crippen molar-refractivity contribution in [2.24, 2.45) is 0 Å². The van der Waals surface area contributed by atoms with E-state index in [1.165, 1.54) is 19.9 Å². The maximum atomic E-state index is 12.4. The molecule has 28 heavy (non-hydrogen) atoms. The van der Waals surface area contributed by atoms with Crippen LogP contribution in [-0.4, -0.2) is 23.9 Å². The summed E-state index contributed by atoms with van der Waals surface area (Å²) in [5, 5.41) is 5.64. The van der Waals surface area contributed by atoms with Crippen LogP contribution in [0.15, 0.2) is 60.3 Å². The van der Waals surface area contributed by atoms with Gasteiger partial charge in [0.15, 0.2) is 6.10 Å². The Morgan fingerprint density at radius 2 is 1.71 bits per heavy atom. The number of carbonyl (C=O) groups excluding carboxylic acids is 3. The minimum absolute atomic E-state index is 0.0514. The number of amides is 2. The average Bonchev–Trinajstić information content (AvgIpc) is 2.67. The quantitative estimate of drug-likeness (QED) is 0.552. The van der Waals surface area contributed by atoms with Gasteiger partial charge in [0.25, 0.3) is 5.91 Å². The molecule has 1 unspecified atom stereocenters. The van der Waals surface area contributed by atoms with E-state index in [-0.39, 0.29) is 12.2 Å². The molecular formula is C21H21ClN2O4. The van der Waals surface area contributed by atoms with Crippen molar-refractivity contribution >= 4 is 35.5 Å². The molecule has 1 atom stereocenters. The number of nitrogens with one attached hydrogen (secondary N) is 2. The Hall–Kier alpha value is -3.12. The molecule has 0 fully saturated rings. The van der Waals surface area contributed by atoms with Crippen molar-refractivity contribution < 1.29 is 19.1 Å². The Bertz CT molecular complexity index is 881. The molecule has 0 spiro atoms. The predicted octanol–water partition coefficient (Wildman–Crippen LogP) is 3.07. The van der Waals surface area contributed by atoms with Gasteiger partial charge in [-0.15, -0.1) is 0 Å². The fourth-order valence-electron chi connectivity index (χ4n) is 2.30. The van der Waals surface area contributed by atoms with E-state index in [0.717, 1.165) is 5.56 Å². The van der Waals surface area contributed by atoms with E-state index in [1.54, 1.807) is 42.5 Å². The van der Waals surface area contributed by atoms with Crippen LogP contribution in [0.3, 0.4) is 0 Å². The third kappa shape index (κ3) is 6.55. The zero-order chi connectivity index (χ0) is 20.5. The molecule has 2 N–H and O–H groups in total. The van der Waals surface area contributed by atoms with Crippen molar-refractivity contribution in [3.63, 3.8) is 0 Å². The van der Waals surface area contributed by atoms with E-state index in [0.29, 0.717) is 10.6 Å². The minimum Gasteiger partial charge on any atom is -0.448 e. The number of rotatable bonds is 7. The topological polar surface area (TPSA) is 84.5 Å². The van der Waals surface area contributed by atoms with Gasteiger partial charge in [-0.1, -0.05) is 60.1 Å². The van der Waals surface area contributed by atoms with Crippen LogP contribution in [0, 0.1) is 0 Å². The molecule has 0 bridgehead atoms. The highest BCUT2D eigenvalue weighted by atomic mass is 35.5. The van der Waals surface area contributed by atoms with Crippen LogP contribution >= 0.6 is 11.6 Å². The third-order valence-electron chi connectivity index (χ3n) is 3.71. The first-order valence-corrected chi connectivity index (χ1v) is 9.01. The van der Waals surface area contributed by atoms with Crippen LogP contribution in [0.1, 0.15) is 25.0 Å². The number of hydrogen-bond acceptors (Lipinski definition) is 4. The summed E-state index contributed by atoms with van der Waals surface area (Å²) < 4.78 is 5.20. The van der Waals surface area contributed by atoms with Gasteiger partial charge >= 0.3 is 5.97 Å². The number of esters is 1. The normalized spacial score (nSPS) is 12.0. The van der Waals surface area contributed by atoms with Crippen molar-refractivity contribution in [3.8, 4) is 0 Å². The molecule has 2 rings (SSSR count). The fourth-order valence-corrected chi connectivity index (χ4v) is 2.50. The van der Waals surface area contributed by atoms with Crippen LogP contribution in [0.2, 0.25) is 5.02 Å². The molecule has 0 aromatic heterocycles. The summed E-state index contributed by atoms with van der Waals surface area (Å²) >= 11 is 6.05. The number of benzene rings is 2. The molecule has 0 radical (unpaired) electrons. The van der Waals surface area contributed by atoms with Crippen LogP contribution in [0.5, 0.6) is 0 Å². The van der Waals surface area contributed by atoms with Crippen LogP contribution < -0.4 is 10.6 Å². The summed E-state index contributed by atoms with van der Waals surface area (Å²) in [5.41, 5.74) is 1.41. The van der Waals surface area contributed by atoms with Gasteiger partial charge in [0.1, 0.15) is 5.70 Å². The van der Waals surface area contributed by atoms with E-state index >= 15 is 0 Å². The van der Waals surface area contributed by atoms with Crippen LogP contribution in [-0.2, 0) is 25.7 Å². The highest BCUT2D eigenvalue weighted by molar-refractivity contribution is 6.31. The number of carbonyl (C=O) groups is 3. The van der Waals surface area contributed by atoms with E-state index in [2.05, 4.69) is 10.6 Å². The highest BCUT2D eigenvalue weighted by Gasteiger charge is 2.21. The van der Waals surface area contributed by atoms with E-state index in [1.807, 2.05) is 12.1 Å². The SMILES string of the molecule is CC(=O)N/C(=C\c1ccccc1)C(=O)OC(C)C(=O)NCc1ccccc1Cl. The van der Waals surface area contributed by atoms with Crippen LogP contribution in [0.4, 0.5) is 0 Å². The number of halogens is 1. The second-order valence-electron chi connectivity index (χ2n) is 6.01. The lowest BCUT2D eigenvalue weighted by molar-refractivity contribution is -0.151. The van der Waals surface area contributed by atoms with Gasteiger partial charge in [-0.3, -0.25) is 9.59 Å². The molecule has 146 valence electrons. The summed E-state index contributed by atoms with van der Waals surface area (Å²) in [6, 6.07) is 16.1. The smallest absolute Gasteiger partial charge is 0.355 e. The van der Waals surface area contributed by atoms with E-state index in [4.69, 9.17) is 16.3 Å². The molecular weight excluding hydrogens is 380 g/mol. The third-order valence-corrected chi connectivity index (χ3v) is 4.07. The van der Waals surface area contributed by atoms with Gasteiger partial charge in [0, 0.05) is 18.5 Å². The van der Waals surface area contributed by atoms with Crippen molar-refractivity contribution in [2.45, 2.75) is 26.5 Å². The maximum absolute atomic E-state index is 12.4. The molecule has 2 aromatic rings. The van der Waals surface area contributed by atoms with Gasteiger partial charge in [-0.25, -0.2) is 4.79 Å². The molecule has 0 saturated carbocycles. The summed E-state index contributed by atoms with van der Waals surface area (Å²) in [6.45, 7) is 2.94. The Morgan fingerprint density at radius 3 is 2.36 bits per heavy atom. The van der Waals surface area contributed by atoms with E-state index in [9.17, 15) is 14.4 Å². The lowest BCUT2D eigenvalue weighted by Gasteiger charge is -2.15. The Labute approximate surface area is 168 Å². The van der Waals surface area contributed by atoms with Gasteiger partial charge in [-0.2, -0.15) is 0 Å². The van der Waals surface area contributed by atoms with Crippen LogP contribution in [0.25, 0.3) is 6.08 Å². The number of hydrogen-bond donors (Lipinski definition) is 2. The fraction of sp³-hybridized carbons (Fsp3) is 0.190. The predicted molar refractivity (Wildman–Crippen MR) is 107 cm³/mol. The Kier molecular flexibility index (Phi) is 7.77. The van der Waals surface area contributed by atoms with Gasteiger partial charge in [0.2, 0.25) is 5.91 Å². The monoisotopic (exact) mass is 400 g/mol. The van der Waals surface area contributed by atoms with E-state index < -0.39 is 23.9 Å². The highest BCUT2D eigenvalue weighted by Crippen LogP contribution is 2.14. The molecule has 2 aromatic carbocycles. The summed E-state index contributed by atoms with van der Waals surface area (Å²) in [4.78, 5) is 36.1. The molecule has 2 amide bonds. The second kappa shape index (κ2) is 10.3.